The first-order chi connectivity index (χ1) is 19.0. The van der Waals surface area contributed by atoms with E-state index in [1.807, 2.05) is 0 Å². The minimum absolute atomic E-state index is 0.0696. The maximum Gasteiger partial charge on any atom is 0.416 e. The summed E-state index contributed by atoms with van der Waals surface area (Å²) in [4.78, 5) is 21.6. The smallest absolute Gasteiger partial charge is 0.416 e. The third-order valence-corrected chi connectivity index (χ3v) is 5.81. The standard InChI is InChI=1S/C25H27F3N2O10/c1-37-30-19(23(35)36)16-8-3-2-5-14(16)11-39-29-17(13-6-4-7-15(9-13)25(26,27)28)12-38-24-22(34)21(33)20(32)18(10-31)40-24/h2-9,18,20-22,24,31-34H,10-12H2,1H3,(H,35,36)/b29-17+,30-19-/t18-,20-,21+,22-,24-/m0/s1. The number of carbonyl (C=O) groups is 1. The Labute approximate surface area is 225 Å². The van der Waals surface area contributed by atoms with Gasteiger partial charge in [-0.1, -0.05) is 46.7 Å². The first-order valence-corrected chi connectivity index (χ1v) is 11.7. The van der Waals surface area contributed by atoms with Crippen LogP contribution in [0.2, 0.25) is 0 Å². The molecule has 12 nitrogen and oxygen atoms in total. The number of aliphatic hydroxyl groups is 4. The molecule has 0 radical (unpaired) electrons. The third-order valence-electron chi connectivity index (χ3n) is 5.81. The van der Waals surface area contributed by atoms with E-state index in [0.29, 0.717) is 5.56 Å². The molecule has 0 aliphatic carbocycles. The number of aliphatic hydroxyl groups excluding tert-OH is 4. The van der Waals surface area contributed by atoms with Crippen molar-refractivity contribution < 1.29 is 62.6 Å². The fourth-order valence-corrected chi connectivity index (χ4v) is 3.76. The Kier molecular flexibility index (Phi) is 10.6. The van der Waals surface area contributed by atoms with Gasteiger partial charge in [-0.3, -0.25) is 0 Å². The number of halogens is 3. The molecular formula is C25H27F3N2O10. The lowest BCUT2D eigenvalue weighted by Crippen LogP contribution is -2.59. The molecule has 15 heteroatoms. The molecule has 1 heterocycles. The molecular weight excluding hydrogens is 545 g/mol. The van der Waals surface area contributed by atoms with Crippen LogP contribution in [-0.4, -0.2) is 94.0 Å². The highest BCUT2D eigenvalue weighted by Gasteiger charge is 2.44. The molecule has 1 fully saturated rings. The van der Waals surface area contributed by atoms with Crippen LogP contribution in [0, 0.1) is 0 Å². The van der Waals surface area contributed by atoms with Crippen LogP contribution in [0.4, 0.5) is 13.2 Å². The molecule has 0 spiro atoms. The number of oxime groups is 2. The van der Waals surface area contributed by atoms with Gasteiger partial charge in [0.25, 0.3) is 0 Å². The van der Waals surface area contributed by atoms with Crippen molar-refractivity contribution in [2.75, 3.05) is 20.3 Å². The summed E-state index contributed by atoms with van der Waals surface area (Å²) in [5.74, 6) is -1.38. The largest absolute Gasteiger partial charge is 0.476 e. The summed E-state index contributed by atoms with van der Waals surface area (Å²) in [5, 5.41) is 56.3. The number of aliphatic carboxylic acids is 1. The molecule has 0 aromatic heterocycles. The Bertz CT molecular complexity index is 1220. The summed E-state index contributed by atoms with van der Waals surface area (Å²) in [6, 6.07) is 10.2. The van der Waals surface area contributed by atoms with Gasteiger partial charge < -0.3 is 44.7 Å². The second kappa shape index (κ2) is 13.6. The number of carboxylic acid groups (broad SMARTS) is 1. The van der Waals surface area contributed by atoms with Gasteiger partial charge in [-0.2, -0.15) is 13.2 Å². The van der Waals surface area contributed by atoms with Crippen molar-refractivity contribution in [2.24, 2.45) is 10.3 Å². The second-order valence-electron chi connectivity index (χ2n) is 8.48. The number of rotatable bonds is 11. The number of nitrogens with zero attached hydrogens (tertiary/aromatic N) is 2. The van der Waals surface area contributed by atoms with Crippen molar-refractivity contribution in [1.29, 1.82) is 0 Å². The van der Waals surface area contributed by atoms with E-state index < -0.39 is 67.3 Å². The lowest BCUT2D eigenvalue weighted by molar-refractivity contribution is -0.297. The average molecular weight is 572 g/mol. The highest BCUT2D eigenvalue weighted by atomic mass is 19.4. The Morgan fingerprint density at radius 1 is 1.02 bits per heavy atom. The maximum absolute atomic E-state index is 13.3. The fourth-order valence-electron chi connectivity index (χ4n) is 3.76. The van der Waals surface area contributed by atoms with Crippen molar-refractivity contribution >= 4 is 17.4 Å². The molecule has 5 atom stereocenters. The van der Waals surface area contributed by atoms with E-state index in [4.69, 9.17) is 14.3 Å². The zero-order chi connectivity index (χ0) is 29.4. The van der Waals surface area contributed by atoms with Gasteiger partial charge in [0.15, 0.2) is 12.0 Å². The molecule has 1 saturated heterocycles. The topological polar surface area (TPSA) is 180 Å². The zero-order valence-corrected chi connectivity index (χ0v) is 20.9. The van der Waals surface area contributed by atoms with Crippen LogP contribution in [0.1, 0.15) is 22.3 Å². The Hall–Kier alpha value is -3.60. The number of hydrogen-bond donors (Lipinski definition) is 5. The van der Waals surface area contributed by atoms with Gasteiger partial charge in [-0.05, 0) is 12.1 Å². The minimum Gasteiger partial charge on any atom is -0.476 e. The maximum atomic E-state index is 13.3. The van der Waals surface area contributed by atoms with Gasteiger partial charge in [0.05, 0.1) is 18.8 Å². The fraction of sp³-hybridized carbons (Fsp3) is 0.400. The summed E-state index contributed by atoms with van der Waals surface area (Å²) >= 11 is 0. The summed E-state index contributed by atoms with van der Waals surface area (Å²) in [6.07, 6.45) is -12.7. The molecule has 2 aromatic rings. The Balaban J connectivity index is 1.88. The van der Waals surface area contributed by atoms with Crippen molar-refractivity contribution in [3.8, 4) is 0 Å². The minimum atomic E-state index is -4.67. The molecule has 2 aromatic carbocycles. The van der Waals surface area contributed by atoms with Gasteiger partial charge in [-0.25, -0.2) is 4.79 Å². The normalized spacial score (nSPS) is 24.1. The molecule has 5 N–H and O–H groups in total. The van der Waals surface area contributed by atoms with Crippen LogP contribution in [-0.2, 0) is 36.7 Å². The van der Waals surface area contributed by atoms with Crippen LogP contribution in [0.25, 0.3) is 0 Å². The molecule has 0 unspecified atom stereocenters. The molecule has 1 aliphatic heterocycles. The van der Waals surface area contributed by atoms with Crippen molar-refractivity contribution in [1.82, 2.24) is 0 Å². The Morgan fingerprint density at radius 3 is 2.40 bits per heavy atom. The highest BCUT2D eigenvalue weighted by molar-refractivity contribution is 6.42. The molecule has 3 rings (SSSR count). The Morgan fingerprint density at radius 2 is 1.75 bits per heavy atom. The molecule has 218 valence electrons. The molecule has 0 bridgehead atoms. The van der Waals surface area contributed by atoms with E-state index in [1.165, 1.54) is 25.3 Å². The summed E-state index contributed by atoms with van der Waals surface area (Å²) < 4.78 is 50.8. The van der Waals surface area contributed by atoms with Crippen molar-refractivity contribution in [3.05, 3.63) is 70.8 Å². The quantitative estimate of drug-likeness (QED) is 0.192. The van der Waals surface area contributed by atoms with Crippen LogP contribution in [0.5, 0.6) is 0 Å². The first kappa shape index (κ1) is 30.9. The van der Waals surface area contributed by atoms with Crippen LogP contribution >= 0.6 is 0 Å². The first-order valence-electron chi connectivity index (χ1n) is 11.7. The lowest BCUT2D eigenvalue weighted by atomic mass is 9.99. The number of hydrogen-bond acceptors (Lipinski definition) is 11. The van der Waals surface area contributed by atoms with Crippen LogP contribution < -0.4 is 0 Å². The summed E-state index contributed by atoms with van der Waals surface area (Å²) in [7, 11) is 1.17. The van der Waals surface area contributed by atoms with Gasteiger partial charge in [0.2, 0.25) is 0 Å². The predicted molar refractivity (Wildman–Crippen MR) is 130 cm³/mol. The monoisotopic (exact) mass is 572 g/mol. The van der Waals surface area contributed by atoms with Crippen LogP contribution in [0.15, 0.2) is 58.8 Å². The molecule has 0 amide bonds. The average Bonchev–Trinajstić information content (AvgIpc) is 2.93. The predicted octanol–water partition coefficient (Wildman–Crippen LogP) is 0.878. The number of ether oxygens (including phenoxy) is 2. The summed E-state index contributed by atoms with van der Waals surface area (Å²) in [6.45, 7) is -1.65. The van der Waals surface area contributed by atoms with Gasteiger partial charge in [-0.15, -0.1) is 0 Å². The second-order valence-corrected chi connectivity index (χ2v) is 8.48. The van der Waals surface area contributed by atoms with E-state index >= 15 is 0 Å². The van der Waals surface area contributed by atoms with E-state index in [9.17, 15) is 43.5 Å². The van der Waals surface area contributed by atoms with Crippen molar-refractivity contribution in [3.63, 3.8) is 0 Å². The van der Waals surface area contributed by atoms with E-state index in [0.717, 1.165) is 18.2 Å². The lowest BCUT2D eigenvalue weighted by Gasteiger charge is -2.39. The SMILES string of the molecule is CO/N=C(\C(=O)O)c1ccccc1CO/N=C(\CO[C@H]1O[C@@H](CO)[C@H](O)[C@@H](O)[C@@H]1O)c1cccc(C(F)(F)F)c1. The molecule has 0 saturated carbocycles. The van der Waals surface area contributed by atoms with Gasteiger partial charge in [0, 0.05) is 16.7 Å². The van der Waals surface area contributed by atoms with E-state index in [-0.39, 0.29) is 23.4 Å². The van der Waals surface area contributed by atoms with Gasteiger partial charge in [0.1, 0.15) is 43.8 Å². The number of benzene rings is 2. The van der Waals surface area contributed by atoms with E-state index in [1.54, 1.807) is 12.1 Å². The highest BCUT2D eigenvalue weighted by Crippen LogP contribution is 2.30. The molecule has 1 aliphatic rings. The van der Waals surface area contributed by atoms with E-state index in [2.05, 4.69) is 15.1 Å². The molecule has 40 heavy (non-hydrogen) atoms. The van der Waals surface area contributed by atoms with Crippen LogP contribution in [0.3, 0.4) is 0 Å². The number of carboxylic acids is 1. The summed E-state index contributed by atoms with van der Waals surface area (Å²) in [5.41, 5.74) is -1.22. The van der Waals surface area contributed by atoms with Crippen molar-refractivity contribution in [2.45, 2.75) is 43.5 Å². The van der Waals surface area contributed by atoms with Gasteiger partial charge >= 0.3 is 12.1 Å². The zero-order valence-electron chi connectivity index (χ0n) is 20.9. The number of alkyl halides is 3. The third kappa shape index (κ3) is 7.53.